The lowest BCUT2D eigenvalue weighted by atomic mass is 10.1. The van der Waals surface area contributed by atoms with Crippen LogP contribution in [0.4, 0.5) is 5.69 Å². The van der Waals surface area contributed by atoms with Gasteiger partial charge in [-0.3, -0.25) is 4.79 Å². The summed E-state index contributed by atoms with van der Waals surface area (Å²) in [5.74, 6) is 0.813. The topological polar surface area (TPSA) is 71.3 Å². The molecule has 0 aromatic heterocycles. The van der Waals surface area contributed by atoms with Crippen LogP contribution in [0.2, 0.25) is 0 Å². The summed E-state index contributed by atoms with van der Waals surface area (Å²) in [5.41, 5.74) is 3.46. The minimum absolute atomic E-state index is 0.0170. The van der Waals surface area contributed by atoms with Crippen LogP contribution in [0.25, 0.3) is 6.08 Å². The van der Waals surface area contributed by atoms with Gasteiger partial charge in [0.25, 0.3) is 5.91 Å². The molecule has 0 bridgehead atoms. The fourth-order valence-corrected chi connectivity index (χ4v) is 3.39. The van der Waals surface area contributed by atoms with Gasteiger partial charge in [-0.15, -0.1) is 0 Å². The summed E-state index contributed by atoms with van der Waals surface area (Å²) < 4.78 is 12.2. The van der Waals surface area contributed by atoms with Crippen LogP contribution in [0.5, 0.6) is 11.5 Å². The van der Waals surface area contributed by atoms with Crippen LogP contribution in [0, 0.1) is 28.7 Å². The van der Waals surface area contributed by atoms with E-state index in [4.69, 9.17) is 9.47 Å². The molecule has 0 aliphatic rings. The Hall–Kier alpha value is -2.53. The Balaban J connectivity index is 2.36. The number of halogens is 1. The van der Waals surface area contributed by atoms with Gasteiger partial charge in [0.05, 0.1) is 16.8 Å². The van der Waals surface area contributed by atoms with Gasteiger partial charge in [0.15, 0.2) is 11.5 Å². The molecule has 2 aromatic rings. The highest BCUT2D eigenvalue weighted by molar-refractivity contribution is 14.1. The molecule has 1 N–H and O–H groups in total. The van der Waals surface area contributed by atoms with Gasteiger partial charge in [-0.1, -0.05) is 12.1 Å². The molecule has 1 amide bonds. The smallest absolute Gasteiger partial charge is 0.266 e. The Bertz CT molecular complexity index is 946. The molecule has 6 heteroatoms. The van der Waals surface area contributed by atoms with Crippen molar-refractivity contribution in [1.82, 2.24) is 0 Å². The van der Waals surface area contributed by atoms with E-state index in [1.165, 1.54) is 0 Å². The highest BCUT2D eigenvalue weighted by Gasteiger charge is 2.15. The van der Waals surface area contributed by atoms with Gasteiger partial charge in [0.2, 0.25) is 0 Å². The number of nitrogens with one attached hydrogen (secondary N) is 1. The van der Waals surface area contributed by atoms with E-state index in [0.29, 0.717) is 36.0 Å². The van der Waals surface area contributed by atoms with E-state index in [9.17, 15) is 10.1 Å². The standard InChI is InChI=1S/C22H23IN2O3/c1-5-27-20-12-16(11-18(23)21(20)28-6-2)10-17(13-24)22(26)25-19-9-7-8-14(3)15(19)4/h7-12H,5-6H2,1-4H3,(H,25,26)/b17-10-. The minimum atomic E-state index is -0.446. The summed E-state index contributed by atoms with van der Waals surface area (Å²) in [6, 6.07) is 11.3. The van der Waals surface area contributed by atoms with Crippen LogP contribution < -0.4 is 14.8 Å². The summed E-state index contributed by atoms with van der Waals surface area (Å²) in [6.07, 6.45) is 1.56. The van der Waals surface area contributed by atoms with Crippen molar-refractivity contribution in [3.8, 4) is 17.6 Å². The molecule has 0 aliphatic carbocycles. The average Bonchev–Trinajstić information content (AvgIpc) is 2.66. The number of hydrogen-bond acceptors (Lipinski definition) is 4. The number of ether oxygens (including phenoxy) is 2. The number of anilines is 1. The normalized spacial score (nSPS) is 10.9. The van der Waals surface area contributed by atoms with Crippen LogP contribution in [-0.4, -0.2) is 19.1 Å². The quantitative estimate of drug-likeness (QED) is 0.327. The molecular formula is C22H23IN2O3. The fraction of sp³-hybridized carbons (Fsp3) is 0.273. The van der Waals surface area contributed by atoms with Crippen molar-refractivity contribution in [2.24, 2.45) is 0 Å². The molecule has 2 aromatic carbocycles. The van der Waals surface area contributed by atoms with Gasteiger partial charge in [-0.05, 0) is 91.3 Å². The third-order valence-corrected chi connectivity index (χ3v) is 4.95. The predicted molar refractivity (Wildman–Crippen MR) is 120 cm³/mol. The van der Waals surface area contributed by atoms with Crippen LogP contribution in [0.1, 0.15) is 30.5 Å². The maximum Gasteiger partial charge on any atom is 0.266 e. The van der Waals surface area contributed by atoms with E-state index >= 15 is 0 Å². The largest absolute Gasteiger partial charge is 0.490 e. The van der Waals surface area contributed by atoms with Gasteiger partial charge >= 0.3 is 0 Å². The van der Waals surface area contributed by atoms with E-state index in [2.05, 4.69) is 27.9 Å². The first-order chi connectivity index (χ1) is 13.4. The zero-order valence-electron chi connectivity index (χ0n) is 16.4. The first-order valence-electron chi connectivity index (χ1n) is 8.99. The molecule has 0 fully saturated rings. The van der Waals surface area contributed by atoms with E-state index in [1.54, 1.807) is 12.1 Å². The Morgan fingerprint density at radius 3 is 2.57 bits per heavy atom. The molecule has 0 radical (unpaired) electrons. The van der Waals surface area contributed by atoms with Crippen molar-refractivity contribution in [2.75, 3.05) is 18.5 Å². The molecule has 0 unspecified atom stereocenters. The lowest BCUT2D eigenvalue weighted by Gasteiger charge is -2.14. The second-order valence-electron chi connectivity index (χ2n) is 6.07. The summed E-state index contributed by atoms with van der Waals surface area (Å²) in [7, 11) is 0. The Labute approximate surface area is 179 Å². The highest BCUT2D eigenvalue weighted by Crippen LogP contribution is 2.35. The first kappa shape index (κ1) is 21.8. The molecule has 28 heavy (non-hydrogen) atoms. The SMILES string of the molecule is CCOc1cc(/C=C(/C#N)C(=O)Nc2cccc(C)c2C)cc(I)c1OCC. The van der Waals surface area contributed by atoms with E-state index < -0.39 is 5.91 Å². The molecule has 0 saturated heterocycles. The van der Waals surface area contributed by atoms with E-state index in [0.717, 1.165) is 14.7 Å². The molecule has 146 valence electrons. The van der Waals surface area contributed by atoms with Crippen LogP contribution in [0.3, 0.4) is 0 Å². The van der Waals surface area contributed by atoms with Crippen molar-refractivity contribution >= 4 is 40.3 Å². The van der Waals surface area contributed by atoms with Crippen LogP contribution in [-0.2, 0) is 4.79 Å². The number of amides is 1. The number of benzene rings is 2. The number of aryl methyl sites for hydroxylation is 1. The maximum absolute atomic E-state index is 12.6. The predicted octanol–water partition coefficient (Wildman–Crippen LogP) is 5.25. The van der Waals surface area contributed by atoms with Gasteiger partial charge < -0.3 is 14.8 Å². The molecule has 0 spiro atoms. The van der Waals surface area contributed by atoms with Crippen molar-refractivity contribution in [2.45, 2.75) is 27.7 Å². The number of carbonyl (C=O) groups is 1. The highest BCUT2D eigenvalue weighted by atomic mass is 127. The number of nitriles is 1. The molecule has 0 heterocycles. The summed E-state index contributed by atoms with van der Waals surface area (Å²) >= 11 is 2.16. The first-order valence-corrected chi connectivity index (χ1v) is 10.1. The third-order valence-electron chi connectivity index (χ3n) is 4.15. The zero-order valence-corrected chi connectivity index (χ0v) is 18.6. The average molecular weight is 490 g/mol. The lowest BCUT2D eigenvalue weighted by Crippen LogP contribution is -2.14. The van der Waals surface area contributed by atoms with Gasteiger partial charge in [0.1, 0.15) is 11.6 Å². The maximum atomic E-state index is 12.6. The molecule has 0 aliphatic heterocycles. The Morgan fingerprint density at radius 2 is 1.93 bits per heavy atom. The van der Waals surface area contributed by atoms with E-state index in [1.807, 2.05) is 58.0 Å². The van der Waals surface area contributed by atoms with Gasteiger partial charge in [-0.25, -0.2) is 0 Å². The van der Waals surface area contributed by atoms with E-state index in [-0.39, 0.29) is 5.57 Å². The van der Waals surface area contributed by atoms with Crippen molar-refractivity contribution in [1.29, 1.82) is 5.26 Å². The van der Waals surface area contributed by atoms with Crippen LogP contribution in [0.15, 0.2) is 35.9 Å². The molecular weight excluding hydrogens is 467 g/mol. The molecule has 0 atom stereocenters. The minimum Gasteiger partial charge on any atom is -0.490 e. The van der Waals surface area contributed by atoms with Gasteiger partial charge in [0, 0.05) is 5.69 Å². The summed E-state index contributed by atoms with van der Waals surface area (Å²) in [4.78, 5) is 12.6. The van der Waals surface area contributed by atoms with Crippen molar-refractivity contribution in [3.63, 3.8) is 0 Å². The number of hydrogen-bond donors (Lipinski definition) is 1. The van der Waals surface area contributed by atoms with Gasteiger partial charge in [-0.2, -0.15) is 5.26 Å². The molecule has 2 rings (SSSR count). The summed E-state index contributed by atoms with van der Waals surface area (Å²) in [5, 5.41) is 12.3. The van der Waals surface area contributed by atoms with Crippen molar-refractivity contribution < 1.29 is 14.3 Å². The Morgan fingerprint density at radius 1 is 1.21 bits per heavy atom. The second kappa shape index (κ2) is 10.1. The van der Waals surface area contributed by atoms with Crippen molar-refractivity contribution in [3.05, 3.63) is 56.2 Å². The number of nitrogens with zero attached hydrogens (tertiary/aromatic N) is 1. The fourth-order valence-electron chi connectivity index (χ4n) is 2.61. The lowest BCUT2D eigenvalue weighted by molar-refractivity contribution is -0.112. The second-order valence-corrected chi connectivity index (χ2v) is 7.23. The summed E-state index contributed by atoms with van der Waals surface area (Å²) in [6.45, 7) is 8.72. The monoisotopic (exact) mass is 490 g/mol. The number of carbonyl (C=O) groups excluding carboxylic acids is 1. The Kier molecular flexibility index (Phi) is 7.88. The number of rotatable bonds is 7. The molecule has 0 saturated carbocycles. The third kappa shape index (κ3) is 5.26. The molecule has 5 nitrogen and oxygen atoms in total. The van der Waals surface area contributed by atoms with Crippen LogP contribution >= 0.6 is 22.6 Å². The zero-order chi connectivity index (χ0) is 20.7.